The zero-order chi connectivity index (χ0) is 22.8. The molecule has 1 aromatic carbocycles. The van der Waals surface area contributed by atoms with Crippen molar-refractivity contribution in [3.05, 3.63) is 65.6 Å². The van der Waals surface area contributed by atoms with Gasteiger partial charge in [-0.1, -0.05) is 0 Å². The normalized spacial score (nSPS) is 23.6. The van der Waals surface area contributed by atoms with Crippen LogP contribution >= 0.6 is 0 Å². The van der Waals surface area contributed by atoms with E-state index in [0.717, 1.165) is 5.70 Å². The van der Waals surface area contributed by atoms with Gasteiger partial charge in [0.15, 0.2) is 6.29 Å². The molecule has 0 aliphatic carbocycles. The van der Waals surface area contributed by atoms with E-state index in [-0.39, 0.29) is 23.7 Å². The third-order valence-corrected chi connectivity index (χ3v) is 5.59. The lowest BCUT2D eigenvalue weighted by Gasteiger charge is -2.35. The number of hydrazone groups is 1. The summed E-state index contributed by atoms with van der Waals surface area (Å²) in [6, 6.07) is 6.14. The number of benzene rings is 1. The van der Waals surface area contributed by atoms with Crippen LogP contribution in [0.1, 0.15) is 17.5 Å². The van der Waals surface area contributed by atoms with E-state index >= 15 is 0 Å². The lowest BCUT2D eigenvalue weighted by atomic mass is 10.0. The number of hydrogen-bond donors (Lipinski definition) is 4. The first-order valence-corrected chi connectivity index (χ1v) is 10.4. The molecule has 4 N–H and O–H groups in total. The number of nitriles is 1. The van der Waals surface area contributed by atoms with Gasteiger partial charge in [-0.25, -0.2) is 14.9 Å². The minimum absolute atomic E-state index is 0.0200. The van der Waals surface area contributed by atoms with Crippen molar-refractivity contribution < 1.29 is 9.18 Å². The molecule has 11 nitrogen and oxygen atoms in total. The van der Waals surface area contributed by atoms with Crippen molar-refractivity contribution in [3.8, 4) is 6.07 Å². The summed E-state index contributed by atoms with van der Waals surface area (Å²) in [5.41, 5.74) is 7.44. The first-order valence-electron chi connectivity index (χ1n) is 10.4. The van der Waals surface area contributed by atoms with Gasteiger partial charge < -0.3 is 4.90 Å². The molecule has 33 heavy (non-hydrogen) atoms. The Balaban J connectivity index is 1.19. The fourth-order valence-electron chi connectivity index (χ4n) is 3.81. The Labute approximate surface area is 189 Å². The molecule has 1 saturated heterocycles. The largest absolute Gasteiger partial charge is 0.318 e. The van der Waals surface area contributed by atoms with Gasteiger partial charge in [-0.05, 0) is 24.1 Å². The number of nitrogens with one attached hydrogen (secondary N) is 4. The zero-order valence-electron chi connectivity index (χ0n) is 17.4. The summed E-state index contributed by atoms with van der Waals surface area (Å²) >= 11 is 0. The summed E-state index contributed by atoms with van der Waals surface area (Å²) in [6.45, 7) is 1.37. The number of aliphatic imine (C=N–C) groups is 1. The standard InChI is InChI=1S/C21H21FN10O/c22-18-2-1-15(6-16(18)7-23)19-12-30-3-4-31(11-17(30)10-24-19)20(33)5-14-8-25-21(26-9-14)32-13-27-28-29-32/h1-4,6,10-14,21,25-26,28-29H,5,8-9H2. The summed E-state index contributed by atoms with van der Waals surface area (Å²) in [6.07, 6.45) is 10.5. The Morgan fingerprint density at radius 3 is 2.85 bits per heavy atom. The fourth-order valence-corrected chi connectivity index (χ4v) is 3.81. The highest BCUT2D eigenvalue weighted by Gasteiger charge is 2.28. The summed E-state index contributed by atoms with van der Waals surface area (Å²) in [5, 5.41) is 21.4. The van der Waals surface area contributed by atoms with E-state index in [1.807, 2.05) is 11.0 Å². The molecule has 5 rings (SSSR count). The number of allylic oxidation sites excluding steroid dienone is 1. The van der Waals surface area contributed by atoms with Gasteiger partial charge in [0.25, 0.3) is 0 Å². The van der Waals surface area contributed by atoms with Crippen molar-refractivity contribution in [3.63, 3.8) is 0 Å². The number of carbonyl (C=O) groups is 1. The SMILES string of the molecule is N#Cc1cc(C2=CN3C=CN(C(=O)CC4CNC(N5C=NNN5)NC4)C=C3C=N2)ccc1F. The maximum atomic E-state index is 13.6. The molecule has 1 fully saturated rings. The van der Waals surface area contributed by atoms with Gasteiger partial charge in [0.05, 0.1) is 23.2 Å². The molecule has 168 valence electrons. The molecule has 4 aliphatic rings. The van der Waals surface area contributed by atoms with Crippen LogP contribution in [-0.4, -0.2) is 52.6 Å². The highest BCUT2D eigenvalue weighted by molar-refractivity contribution is 5.89. The Morgan fingerprint density at radius 2 is 2.09 bits per heavy atom. The van der Waals surface area contributed by atoms with Crippen LogP contribution in [0.4, 0.5) is 4.39 Å². The molecule has 0 aromatic heterocycles. The van der Waals surface area contributed by atoms with Crippen LogP contribution in [0.25, 0.3) is 5.70 Å². The number of nitrogens with zero attached hydrogens (tertiary/aromatic N) is 6. The van der Waals surface area contributed by atoms with Crippen molar-refractivity contribution in [2.24, 2.45) is 16.0 Å². The van der Waals surface area contributed by atoms with E-state index in [1.165, 1.54) is 12.1 Å². The van der Waals surface area contributed by atoms with Crippen LogP contribution in [0.2, 0.25) is 0 Å². The van der Waals surface area contributed by atoms with Crippen LogP contribution < -0.4 is 21.7 Å². The number of halogens is 1. The molecule has 0 bridgehead atoms. The molecule has 12 heteroatoms. The van der Waals surface area contributed by atoms with Crippen molar-refractivity contribution in [1.82, 2.24) is 36.5 Å². The van der Waals surface area contributed by atoms with Crippen LogP contribution in [0.15, 0.2) is 58.8 Å². The Hall–Kier alpha value is -4.05. The summed E-state index contributed by atoms with van der Waals surface area (Å²) in [5.74, 6) is -0.439. The van der Waals surface area contributed by atoms with E-state index in [4.69, 9.17) is 5.26 Å². The van der Waals surface area contributed by atoms with Gasteiger partial charge in [0.1, 0.15) is 18.2 Å². The number of hydrazine groups is 2. The molecule has 0 saturated carbocycles. The van der Waals surface area contributed by atoms with E-state index in [9.17, 15) is 9.18 Å². The van der Waals surface area contributed by atoms with Gasteiger partial charge in [-0.15, -0.1) is 5.53 Å². The molecule has 0 atom stereocenters. The van der Waals surface area contributed by atoms with E-state index in [1.54, 1.807) is 53.3 Å². The van der Waals surface area contributed by atoms with Gasteiger partial charge in [-0.2, -0.15) is 10.4 Å². The minimum Gasteiger partial charge on any atom is -0.318 e. The number of rotatable bonds is 4. The molecule has 1 aromatic rings. The van der Waals surface area contributed by atoms with Crippen LogP contribution in [0, 0.1) is 23.1 Å². The van der Waals surface area contributed by atoms with Gasteiger partial charge in [0, 0.05) is 49.9 Å². The predicted octanol–water partition coefficient (Wildman–Crippen LogP) is 0.288. The van der Waals surface area contributed by atoms with Crippen LogP contribution in [0.3, 0.4) is 0 Å². The fraction of sp³-hybridized carbons (Fsp3) is 0.238. The minimum atomic E-state index is -0.563. The average molecular weight is 448 g/mol. The van der Waals surface area contributed by atoms with Crippen molar-refractivity contribution in [1.29, 1.82) is 5.26 Å². The molecular weight excluding hydrogens is 427 g/mol. The Morgan fingerprint density at radius 1 is 1.24 bits per heavy atom. The van der Waals surface area contributed by atoms with E-state index in [2.05, 4.69) is 31.8 Å². The highest BCUT2D eigenvalue weighted by atomic mass is 19.1. The molecule has 0 spiro atoms. The lowest BCUT2D eigenvalue weighted by molar-refractivity contribution is -0.127. The lowest BCUT2D eigenvalue weighted by Crippen LogP contribution is -2.63. The first kappa shape index (κ1) is 20.8. The number of hydrogen-bond acceptors (Lipinski definition) is 10. The number of fused-ring (bicyclic) bond motifs is 1. The number of amides is 1. The number of carbonyl (C=O) groups excluding carboxylic acids is 1. The zero-order valence-corrected chi connectivity index (χ0v) is 17.4. The summed E-state index contributed by atoms with van der Waals surface area (Å²) in [4.78, 5) is 20.7. The predicted molar refractivity (Wildman–Crippen MR) is 118 cm³/mol. The smallest absolute Gasteiger partial charge is 0.231 e. The van der Waals surface area contributed by atoms with E-state index in [0.29, 0.717) is 30.8 Å². The topological polar surface area (TPSA) is 123 Å². The molecule has 0 unspecified atom stereocenters. The quantitative estimate of drug-likeness (QED) is 0.518. The maximum Gasteiger partial charge on any atom is 0.231 e. The molecular formula is C21H21FN10O. The summed E-state index contributed by atoms with van der Waals surface area (Å²) in [7, 11) is 0. The van der Waals surface area contributed by atoms with E-state index < -0.39 is 5.82 Å². The second-order valence-corrected chi connectivity index (χ2v) is 7.80. The maximum absolute atomic E-state index is 13.6. The molecule has 4 aliphatic heterocycles. The third-order valence-electron chi connectivity index (χ3n) is 5.59. The van der Waals surface area contributed by atoms with Crippen LogP contribution in [-0.2, 0) is 4.79 Å². The third kappa shape index (κ3) is 4.33. The second-order valence-electron chi connectivity index (χ2n) is 7.80. The first-order chi connectivity index (χ1) is 16.1. The highest BCUT2D eigenvalue weighted by Crippen LogP contribution is 2.26. The molecule has 1 amide bonds. The summed E-state index contributed by atoms with van der Waals surface area (Å²) < 4.78 is 13.6. The van der Waals surface area contributed by atoms with Crippen molar-refractivity contribution in [2.75, 3.05) is 13.1 Å². The van der Waals surface area contributed by atoms with Gasteiger partial charge in [-0.3, -0.25) is 25.3 Å². The van der Waals surface area contributed by atoms with Gasteiger partial charge >= 0.3 is 0 Å². The van der Waals surface area contributed by atoms with Crippen molar-refractivity contribution >= 4 is 24.2 Å². The average Bonchev–Trinajstić information content (AvgIpc) is 3.39. The monoisotopic (exact) mass is 448 g/mol. The van der Waals surface area contributed by atoms with Crippen LogP contribution in [0.5, 0.6) is 0 Å². The van der Waals surface area contributed by atoms with Gasteiger partial charge in [0.2, 0.25) is 5.91 Å². The Kier molecular flexibility index (Phi) is 5.57. The molecule has 0 radical (unpaired) electrons. The molecule has 4 heterocycles. The second kappa shape index (κ2) is 8.83. The Bertz CT molecular complexity index is 1140. The van der Waals surface area contributed by atoms with Crippen molar-refractivity contribution in [2.45, 2.75) is 12.7 Å².